The van der Waals surface area contributed by atoms with E-state index in [2.05, 4.69) is 0 Å². The van der Waals surface area contributed by atoms with Crippen molar-refractivity contribution in [3.8, 4) is 5.75 Å². The number of alkyl halides is 2. The lowest BCUT2D eigenvalue weighted by Gasteiger charge is -2.24. The number of aliphatic hydroxyl groups excluding tert-OH is 1. The summed E-state index contributed by atoms with van der Waals surface area (Å²) in [5, 5.41) is 8.70. The standard InChI is InChI=1S/C13H19F2NO2/c1-8(2)9-4-5-11(18-3)10(6-9)12(16)13(14,15)7-17/h4-6,8,12,17H,7,16H2,1-3H3/t12-/m1/s1. The third-order valence-corrected chi connectivity index (χ3v) is 2.92. The van der Waals surface area contributed by atoms with Crippen LogP contribution in [0.25, 0.3) is 0 Å². The zero-order chi connectivity index (χ0) is 13.9. The summed E-state index contributed by atoms with van der Waals surface area (Å²) in [5.74, 6) is -2.87. The van der Waals surface area contributed by atoms with Crippen molar-refractivity contribution in [2.24, 2.45) is 5.73 Å². The van der Waals surface area contributed by atoms with Crippen molar-refractivity contribution >= 4 is 0 Å². The maximum Gasteiger partial charge on any atom is 0.289 e. The van der Waals surface area contributed by atoms with E-state index in [1.807, 2.05) is 19.9 Å². The van der Waals surface area contributed by atoms with Gasteiger partial charge in [-0.3, -0.25) is 0 Å². The van der Waals surface area contributed by atoms with Crippen molar-refractivity contribution in [3.05, 3.63) is 29.3 Å². The van der Waals surface area contributed by atoms with Crippen LogP contribution in [0.4, 0.5) is 8.78 Å². The first-order valence-corrected chi connectivity index (χ1v) is 5.75. The van der Waals surface area contributed by atoms with Crippen LogP contribution in [-0.4, -0.2) is 24.7 Å². The van der Waals surface area contributed by atoms with E-state index in [1.165, 1.54) is 7.11 Å². The molecule has 0 unspecified atom stereocenters. The molecule has 5 heteroatoms. The van der Waals surface area contributed by atoms with Gasteiger partial charge in [0.2, 0.25) is 0 Å². The first-order chi connectivity index (χ1) is 8.33. The van der Waals surface area contributed by atoms with Crippen LogP contribution < -0.4 is 10.5 Å². The first-order valence-electron chi connectivity index (χ1n) is 5.75. The molecular weight excluding hydrogens is 240 g/mol. The Labute approximate surface area is 106 Å². The lowest BCUT2D eigenvalue weighted by molar-refractivity contribution is -0.0715. The number of rotatable bonds is 5. The molecule has 0 saturated heterocycles. The maximum absolute atomic E-state index is 13.5. The Balaban J connectivity index is 3.23. The van der Waals surface area contributed by atoms with E-state index in [-0.39, 0.29) is 11.5 Å². The van der Waals surface area contributed by atoms with Crippen LogP contribution in [0.5, 0.6) is 5.75 Å². The molecule has 0 aliphatic rings. The molecular formula is C13H19F2NO2. The number of nitrogens with two attached hydrogens (primary N) is 1. The quantitative estimate of drug-likeness (QED) is 0.854. The fraction of sp³-hybridized carbons (Fsp3) is 0.538. The Morgan fingerprint density at radius 1 is 1.39 bits per heavy atom. The van der Waals surface area contributed by atoms with Crippen molar-refractivity contribution in [1.29, 1.82) is 0 Å². The summed E-state index contributed by atoms with van der Waals surface area (Å²) in [6, 6.07) is 3.46. The maximum atomic E-state index is 13.5. The molecule has 102 valence electrons. The lowest BCUT2D eigenvalue weighted by Crippen LogP contribution is -2.36. The molecule has 18 heavy (non-hydrogen) atoms. The Kier molecular flexibility index (Phi) is 4.65. The summed E-state index contributed by atoms with van der Waals surface area (Å²) >= 11 is 0. The fourth-order valence-electron chi connectivity index (χ4n) is 1.68. The minimum absolute atomic E-state index is 0.199. The van der Waals surface area contributed by atoms with Gasteiger partial charge in [-0.1, -0.05) is 26.0 Å². The number of ether oxygens (including phenoxy) is 1. The van der Waals surface area contributed by atoms with Crippen molar-refractivity contribution in [2.45, 2.75) is 31.7 Å². The summed E-state index contributed by atoms with van der Waals surface area (Å²) in [5.41, 5.74) is 6.65. The molecule has 0 radical (unpaired) electrons. The first kappa shape index (κ1) is 14.9. The molecule has 1 rings (SSSR count). The van der Waals surface area contributed by atoms with Gasteiger partial charge in [0.1, 0.15) is 18.4 Å². The van der Waals surface area contributed by atoms with Crippen molar-refractivity contribution < 1.29 is 18.6 Å². The summed E-state index contributed by atoms with van der Waals surface area (Å²) in [7, 11) is 1.40. The van der Waals surface area contributed by atoms with Gasteiger partial charge in [-0.05, 0) is 17.5 Å². The van der Waals surface area contributed by atoms with E-state index >= 15 is 0 Å². The zero-order valence-electron chi connectivity index (χ0n) is 10.8. The highest BCUT2D eigenvalue weighted by molar-refractivity contribution is 5.41. The van der Waals surface area contributed by atoms with Crippen LogP contribution in [0.1, 0.15) is 36.9 Å². The van der Waals surface area contributed by atoms with Gasteiger partial charge in [0.15, 0.2) is 0 Å². The highest BCUT2D eigenvalue weighted by Crippen LogP contribution is 2.35. The van der Waals surface area contributed by atoms with Gasteiger partial charge in [0.05, 0.1) is 7.11 Å². The normalized spacial score (nSPS) is 13.8. The molecule has 0 heterocycles. The molecule has 0 fully saturated rings. The number of hydrogen-bond donors (Lipinski definition) is 2. The Hall–Kier alpha value is -1.20. The summed E-state index contributed by atoms with van der Waals surface area (Å²) in [6.07, 6.45) is 0. The monoisotopic (exact) mass is 259 g/mol. The van der Waals surface area contributed by atoms with Gasteiger partial charge in [-0.25, -0.2) is 8.78 Å². The molecule has 0 saturated carbocycles. The summed E-state index contributed by atoms with van der Waals surface area (Å²) in [6.45, 7) is 2.63. The number of methoxy groups -OCH3 is 1. The largest absolute Gasteiger partial charge is 0.496 e. The molecule has 1 aromatic rings. The Bertz CT molecular complexity index is 408. The molecule has 0 bridgehead atoms. The molecule has 3 N–H and O–H groups in total. The molecule has 1 aromatic carbocycles. The third-order valence-electron chi connectivity index (χ3n) is 2.92. The number of hydrogen-bond acceptors (Lipinski definition) is 3. The number of benzene rings is 1. The van der Waals surface area contributed by atoms with Crippen LogP contribution in [0.2, 0.25) is 0 Å². The van der Waals surface area contributed by atoms with E-state index in [0.29, 0.717) is 5.75 Å². The van der Waals surface area contributed by atoms with Crippen molar-refractivity contribution in [1.82, 2.24) is 0 Å². The summed E-state index contributed by atoms with van der Waals surface area (Å²) in [4.78, 5) is 0. The second-order valence-corrected chi connectivity index (χ2v) is 4.55. The highest BCUT2D eigenvalue weighted by atomic mass is 19.3. The van der Waals surface area contributed by atoms with E-state index in [4.69, 9.17) is 15.6 Å². The predicted molar refractivity (Wildman–Crippen MR) is 66.0 cm³/mol. The molecule has 0 aliphatic carbocycles. The molecule has 0 aromatic heterocycles. The minimum Gasteiger partial charge on any atom is -0.496 e. The summed E-state index contributed by atoms with van der Waals surface area (Å²) < 4.78 is 31.9. The number of halogens is 2. The van der Waals surface area contributed by atoms with Crippen LogP contribution in [0.3, 0.4) is 0 Å². The van der Waals surface area contributed by atoms with Gasteiger partial charge in [0.25, 0.3) is 5.92 Å². The topological polar surface area (TPSA) is 55.5 Å². The SMILES string of the molecule is COc1ccc(C(C)C)cc1[C@@H](N)C(F)(F)CO. The smallest absolute Gasteiger partial charge is 0.289 e. The van der Waals surface area contributed by atoms with Gasteiger partial charge < -0.3 is 15.6 Å². The second kappa shape index (κ2) is 5.63. The predicted octanol–water partition coefficient (Wildman–Crippen LogP) is 2.45. The van der Waals surface area contributed by atoms with Crippen LogP contribution in [0, 0.1) is 0 Å². The molecule has 0 aliphatic heterocycles. The molecule has 0 amide bonds. The van der Waals surface area contributed by atoms with Crippen LogP contribution >= 0.6 is 0 Å². The van der Waals surface area contributed by atoms with E-state index in [0.717, 1.165) is 5.56 Å². The van der Waals surface area contributed by atoms with Crippen molar-refractivity contribution in [2.75, 3.05) is 13.7 Å². The Morgan fingerprint density at radius 3 is 2.44 bits per heavy atom. The van der Waals surface area contributed by atoms with Gasteiger partial charge >= 0.3 is 0 Å². The fourth-order valence-corrected chi connectivity index (χ4v) is 1.68. The van der Waals surface area contributed by atoms with Gasteiger partial charge in [-0.15, -0.1) is 0 Å². The van der Waals surface area contributed by atoms with E-state index in [9.17, 15) is 8.78 Å². The Morgan fingerprint density at radius 2 is 2.00 bits per heavy atom. The van der Waals surface area contributed by atoms with Gasteiger partial charge in [-0.2, -0.15) is 0 Å². The van der Waals surface area contributed by atoms with Crippen LogP contribution in [-0.2, 0) is 0 Å². The molecule has 1 atom stereocenters. The number of aliphatic hydroxyl groups is 1. The average Bonchev–Trinajstić information content (AvgIpc) is 2.36. The van der Waals surface area contributed by atoms with Crippen molar-refractivity contribution in [3.63, 3.8) is 0 Å². The van der Waals surface area contributed by atoms with E-state index in [1.54, 1.807) is 12.1 Å². The minimum atomic E-state index is -3.37. The lowest BCUT2D eigenvalue weighted by atomic mass is 9.94. The van der Waals surface area contributed by atoms with Gasteiger partial charge in [0, 0.05) is 5.56 Å². The van der Waals surface area contributed by atoms with Crippen LogP contribution in [0.15, 0.2) is 18.2 Å². The second-order valence-electron chi connectivity index (χ2n) is 4.55. The third kappa shape index (κ3) is 2.97. The molecule has 3 nitrogen and oxygen atoms in total. The zero-order valence-corrected chi connectivity index (χ0v) is 10.8. The molecule has 0 spiro atoms. The van der Waals surface area contributed by atoms with E-state index < -0.39 is 18.6 Å². The highest BCUT2D eigenvalue weighted by Gasteiger charge is 2.38. The average molecular weight is 259 g/mol.